The molecule has 0 saturated carbocycles. The Morgan fingerprint density at radius 3 is 2.76 bits per heavy atom. The molecular formula is C14H19NO6. The van der Waals surface area contributed by atoms with Gasteiger partial charge in [-0.05, 0) is 12.5 Å². The second kappa shape index (κ2) is 6.62. The van der Waals surface area contributed by atoms with E-state index in [1.807, 2.05) is 6.08 Å². The molecule has 0 radical (unpaired) electrons. The highest BCUT2D eigenvalue weighted by atomic mass is 16.6. The van der Waals surface area contributed by atoms with Crippen LogP contribution < -0.4 is 0 Å². The van der Waals surface area contributed by atoms with Gasteiger partial charge in [0.15, 0.2) is 0 Å². The number of carbonyl (C=O) groups is 2. The lowest BCUT2D eigenvalue weighted by Crippen LogP contribution is -2.40. The van der Waals surface area contributed by atoms with Crippen LogP contribution in [0.4, 0.5) is 4.79 Å². The highest BCUT2D eigenvalue weighted by Crippen LogP contribution is 2.33. The summed E-state index contributed by atoms with van der Waals surface area (Å²) >= 11 is 0. The molecule has 1 atom stereocenters. The van der Waals surface area contributed by atoms with E-state index in [9.17, 15) is 14.7 Å². The Hall–Kier alpha value is -2.02. The van der Waals surface area contributed by atoms with E-state index in [2.05, 4.69) is 0 Å². The first kappa shape index (κ1) is 15.4. The molecule has 2 amide bonds. The summed E-state index contributed by atoms with van der Waals surface area (Å²) in [4.78, 5) is 25.0. The van der Waals surface area contributed by atoms with Gasteiger partial charge in [0.2, 0.25) is 5.91 Å². The van der Waals surface area contributed by atoms with Gasteiger partial charge in [0.25, 0.3) is 0 Å². The normalized spacial score (nSPS) is 20.0. The third-order valence-electron chi connectivity index (χ3n) is 3.59. The molecule has 7 heteroatoms. The van der Waals surface area contributed by atoms with Gasteiger partial charge < -0.3 is 19.3 Å². The molecule has 0 aromatic rings. The molecule has 1 unspecified atom stereocenters. The number of carbonyl (C=O) groups excluding carboxylic acids is 2. The molecule has 1 N–H and O–H groups in total. The van der Waals surface area contributed by atoms with E-state index in [1.54, 1.807) is 0 Å². The number of hydrogen-bond donors (Lipinski definition) is 1. The minimum Gasteiger partial charge on any atom is -0.501 e. The fourth-order valence-corrected chi connectivity index (χ4v) is 2.56. The van der Waals surface area contributed by atoms with Crippen LogP contribution in [-0.2, 0) is 19.0 Å². The lowest BCUT2D eigenvalue weighted by atomic mass is 9.90. The number of aliphatic hydroxyl groups excluding tert-OH is 1. The van der Waals surface area contributed by atoms with Gasteiger partial charge in [-0.15, -0.1) is 0 Å². The van der Waals surface area contributed by atoms with Gasteiger partial charge in [-0.3, -0.25) is 4.79 Å². The largest absolute Gasteiger partial charge is 0.501 e. The molecule has 1 saturated heterocycles. The van der Waals surface area contributed by atoms with Crippen molar-refractivity contribution in [3.05, 3.63) is 23.2 Å². The number of methoxy groups -OCH3 is 2. The molecule has 1 aliphatic heterocycles. The zero-order chi connectivity index (χ0) is 15.4. The van der Waals surface area contributed by atoms with Crippen molar-refractivity contribution in [2.45, 2.75) is 12.8 Å². The highest BCUT2D eigenvalue weighted by Gasteiger charge is 2.38. The van der Waals surface area contributed by atoms with Crippen molar-refractivity contribution in [3.8, 4) is 0 Å². The monoisotopic (exact) mass is 297 g/mol. The smallest absolute Gasteiger partial charge is 0.416 e. The summed E-state index contributed by atoms with van der Waals surface area (Å²) in [6, 6.07) is 0. The van der Waals surface area contributed by atoms with Crippen molar-refractivity contribution in [3.63, 3.8) is 0 Å². The first-order valence-electron chi connectivity index (χ1n) is 6.74. The highest BCUT2D eigenvalue weighted by molar-refractivity contribution is 5.96. The molecule has 1 heterocycles. The van der Waals surface area contributed by atoms with E-state index in [1.165, 1.54) is 14.2 Å². The van der Waals surface area contributed by atoms with E-state index in [-0.39, 0.29) is 13.2 Å². The predicted molar refractivity (Wildman–Crippen MR) is 72.0 cm³/mol. The molecule has 7 nitrogen and oxygen atoms in total. The van der Waals surface area contributed by atoms with Crippen molar-refractivity contribution >= 4 is 12.0 Å². The summed E-state index contributed by atoms with van der Waals surface area (Å²) < 4.78 is 15.4. The van der Waals surface area contributed by atoms with Crippen LogP contribution in [0.1, 0.15) is 12.8 Å². The second-order valence-corrected chi connectivity index (χ2v) is 4.69. The van der Waals surface area contributed by atoms with Crippen LogP contribution in [0.25, 0.3) is 0 Å². The third kappa shape index (κ3) is 2.87. The molecule has 1 aliphatic carbocycles. The Morgan fingerprint density at radius 1 is 1.48 bits per heavy atom. The summed E-state index contributed by atoms with van der Waals surface area (Å²) in [6.45, 7) is -0.0762. The van der Waals surface area contributed by atoms with Gasteiger partial charge in [0.05, 0.1) is 33.3 Å². The average molecular weight is 297 g/mol. The molecule has 2 rings (SSSR count). The van der Waals surface area contributed by atoms with E-state index >= 15 is 0 Å². The molecule has 116 valence electrons. The number of allylic oxidation sites excluding steroid dienone is 3. The van der Waals surface area contributed by atoms with Crippen LogP contribution >= 0.6 is 0 Å². The van der Waals surface area contributed by atoms with Crippen LogP contribution in [0.3, 0.4) is 0 Å². The summed E-state index contributed by atoms with van der Waals surface area (Å²) in [5.74, 6) is -0.320. The Kier molecular flexibility index (Phi) is 4.85. The standard InChI is InChI=1S/C14H19NO6/c1-19-10-4-3-5-11(20-2)12(10)9(8-16)13(17)15-6-7-21-14(15)18/h4,9,16H,3,5-8H2,1-2H3. The van der Waals surface area contributed by atoms with Gasteiger partial charge in [0.1, 0.15) is 18.1 Å². The maximum Gasteiger partial charge on any atom is 0.416 e. The van der Waals surface area contributed by atoms with Gasteiger partial charge in [0, 0.05) is 12.0 Å². The quantitative estimate of drug-likeness (QED) is 0.808. The van der Waals surface area contributed by atoms with E-state index in [4.69, 9.17) is 14.2 Å². The molecule has 0 aromatic carbocycles. The summed E-state index contributed by atoms with van der Waals surface area (Å²) in [5.41, 5.74) is 0.499. The van der Waals surface area contributed by atoms with Crippen LogP contribution in [-0.4, -0.2) is 56.0 Å². The topological polar surface area (TPSA) is 85.3 Å². The first-order chi connectivity index (χ1) is 10.1. The summed E-state index contributed by atoms with van der Waals surface area (Å²) in [5, 5.41) is 9.65. The maximum atomic E-state index is 12.5. The molecule has 0 aromatic heterocycles. The number of ether oxygens (including phenoxy) is 3. The fourth-order valence-electron chi connectivity index (χ4n) is 2.56. The lowest BCUT2D eigenvalue weighted by molar-refractivity contribution is -0.132. The SMILES string of the molecule is COC1=CCCC(OC)=C1C(CO)C(=O)N1CCOC1=O. The number of rotatable bonds is 5. The van der Waals surface area contributed by atoms with E-state index in [0.29, 0.717) is 23.5 Å². The number of nitrogens with zero attached hydrogens (tertiary/aromatic N) is 1. The Morgan fingerprint density at radius 2 is 2.24 bits per heavy atom. The van der Waals surface area contributed by atoms with Crippen molar-refractivity contribution in [2.75, 3.05) is 34.0 Å². The molecule has 1 fully saturated rings. The van der Waals surface area contributed by atoms with Gasteiger partial charge in [-0.2, -0.15) is 0 Å². The van der Waals surface area contributed by atoms with E-state index < -0.39 is 24.5 Å². The second-order valence-electron chi connectivity index (χ2n) is 4.69. The molecule has 2 aliphatic rings. The maximum absolute atomic E-state index is 12.5. The van der Waals surface area contributed by atoms with Crippen molar-refractivity contribution < 1.29 is 28.9 Å². The van der Waals surface area contributed by atoms with Gasteiger partial charge in [-0.25, -0.2) is 9.69 Å². The predicted octanol–water partition coefficient (Wildman–Crippen LogP) is 0.798. The fraction of sp³-hybridized carbons (Fsp3) is 0.571. The number of cyclic esters (lactones) is 1. The van der Waals surface area contributed by atoms with Crippen molar-refractivity contribution in [1.82, 2.24) is 4.90 Å². The molecule has 0 spiro atoms. The number of hydrogen-bond acceptors (Lipinski definition) is 6. The molecule has 0 bridgehead atoms. The molecular weight excluding hydrogens is 278 g/mol. The number of imide groups is 1. The van der Waals surface area contributed by atoms with Crippen LogP contribution in [0.2, 0.25) is 0 Å². The van der Waals surface area contributed by atoms with Gasteiger partial charge in [-0.1, -0.05) is 0 Å². The van der Waals surface area contributed by atoms with Crippen LogP contribution in [0, 0.1) is 5.92 Å². The molecule has 21 heavy (non-hydrogen) atoms. The van der Waals surface area contributed by atoms with E-state index in [0.717, 1.165) is 11.3 Å². The average Bonchev–Trinajstić information content (AvgIpc) is 2.94. The summed E-state index contributed by atoms with van der Waals surface area (Å²) in [7, 11) is 3.00. The van der Waals surface area contributed by atoms with Crippen molar-refractivity contribution in [1.29, 1.82) is 0 Å². The summed E-state index contributed by atoms with van der Waals surface area (Å²) in [6.07, 6.45) is 2.51. The van der Waals surface area contributed by atoms with Crippen molar-refractivity contribution in [2.24, 2.45) is 5.92 Å². The number of aliphatic hydroxyl groups is 1. The third-order valence-corrected chi connectivity index (χ3v) is 3.59. The minimum absolute atomic E-state index is 0.172. The Bertz CT molecular complexity index is 496. The zero-order valence-corrected chi connectivity index (χ0v) is 12.1. The lowest BCUT2D eigenvalue weighted by Gasteiger charge is -2.26. The van der Waals surface area contributed by atoms with Gasteiger partial charge >= 0.3 is 6.09 Å². The van der Waals surface area contributed by atoms with Crippen LogP contribution in [0.15, 0.2) is 23.2 Å². The Balaban J connectivity index is 2.34. The minimum atomic E-state index is -0.905. The van der Waals surface area contributed by atoms with Crippen LogP contribution in [0.5, 0.6) is 0 Å². The first-order valence-corrected chi connectivity index (χ1v) is 6.74. The number of amides is 2. The Labute approximate surface area is 122 Å². The zero-order valence-electron chi connectivity index (χ0n) is 12.1.